The van der Waals surface area contributed by atoms with Gasteiger partial charge in [-0.2, -0.15) is 5.10 Å². The Hall–Kier alpha value is -2.59. The van der Waals surface area contributed by atoms with E-state index < -0.39 is 0 Å². The summed E-state index contributed by atoms with van der Waals surface area (Å²) in [5.41, 5.74) is 6.46. The molecule has 1 aliphatic heterocycles. The minimum atomic E-state index is -0.0470. The van der Waals surface area contributed by atoms with E-state index in [2.05, 4.69) is 15.5 Å². The summed E-state index contributed by atoms with van der Waals surface area (Å²) in [5, 5.41) is 15.9. The number of phenolic OH excluding ortho intramolecular Hbond substituents is 1. The Morgan fingerprint density at radius 2 is 1.87 bits per heavy atom. The molecule has 1 aromatic heterocycles. The number of para-hydroxylation sites is 2. The molecule has 0 amide bonds. The molecular formula is C18H14ClN3O. The normalized spacial score (nSPS) is 17.1. The van der Waals surface area contributed by atoms with Crippen LogP contribution in [0.3, 0.4) is 0 Å². The molecule has 1 atom stereocenters. The van der Waals surface area contributed by atoms with Crippen LogP contribution in [0.4, 0.5) is 0 Å². The lowest BCUT2D eigenvalue weighted by Crippen LogP contribution is -2.11. The van der Waals surface area contributed by atoms with Crippen LogP contribution in [0.15, 0.2) is 59.7 Å². The number of nitrogens with one attached hydrogen (secondary N) is 1. The van der Waals surface area contributed by atoms with Gasteiger partial charge in [0, 0.05) is 22.9 Å². The van der Waals surface area contributed by atoms with Crippen molar-refractivity contribution in [2.24, 2.45) is 5.10 Å². The van der Waals surface area contributed by atoms with Gasteiger partial charge in [0.1, 0.15) is 10.9 Å². The summed E-state index contributed by atoms with van der Waals surface area (Å²) in [4.78, 5) is 4.46. The number of fused-ring (bicyclic) bond motifs is 1. The Bertz CT molecular complexity index is 923. The van der Waals surface area contributed by atoms with Crippen molar-refractivity contribution in [3.05, 3.63) is 70.9 Å². The summed E-state index contributed by atoms with van der Waals surface area (Å²) >= 11 is 6.36. The van der Waals surface area contributed by atoms with Crippen LogP contribution in [0.2, 0.25) is 5.15 Å². The number of halogens is 1. The molecule has 2 heterocycles. The third-order valence-electron chi connectivity index (χ3n) is 4.05. The zero-order valence-electron chi connectivity index (χ0n) is 12.2. The highest BCUT2D eigenvalue weighted by molar-refractivity contribution is 6.30. The smallest absolute Gasteiger partial charge is 0.135 e. The fourth-order valence-electron chi connectivity index (χ4n) is 2.86. The van der Waals surface area contributed by atoms with Crippen molar-refractivity contribution in [1.29, 1.82) is 0 Å². The zero-order chi connectivity index (χ0) is 15.8. The molecular weight excluding hydrogens is 310 g/mol. The SMILES string of the molecule is Oc1ccccc1C1=NN[C@H](c2cc3ccccc3nc2Cl)C1. The number of aromatic nitrogens is 1. The van der Waals surface area contributed by atoms with Crippen LogP contribution in [-0.2, 0) is 0 Å². The number of pyridine rings is 1. The number of nitrogens with zero attached hydrogens (tertiary/aromatic N) is 2. The predicted octanol–water partition coefficient (Wildman–Crippen LogP) is 4.03. The van der Waals surface area contributed by atoms with Gasteiger partial charge < -0.3 is 10.5 Å². The van der Waals surface area contributed by atoms with Crippen molar-refractivity contribution >= 4 is 28.2 Å². The Labute approximate surface area is 138 Å². The maximum Gasteiger partial charge on any atom is 0.135 e. The summed E-state index contributed by atoms with van der Waals surface area (Å²) < 4.78 is 0. The first kappa shape index (κ1) is 14.0. The molecule has 4 nitrogen and oxygen atoms in total. The molecule has 0 bridgehead atoms. The molecule has 114 valence electrons. The van der Waals surface area contributed by atoms with E-state index in [1.165, 1.54) is 0 Å². The van der Waals surface area contributed by atoms with Crippen LogP contribution in [0.1, 0.15) is 23.6 Å². The van der Waals surface area contributed by atoms with Gasteiger partial charge in [-0.05, 0) is 24.3 Å². The summed E-state index contributed by atoms with van der Waals surface area (Å²) in [6.07, 6.45) is 0.650. The van der Waals surface area contributed by atoms with Crippen molar-refractivity contribution in [3.8, 4) is 5.75 Å². The topological polar surface area (TPSA) is 57.5 Å². The maximum absolute atomic E-state index is 9.98. The first-order valence-corrected chi connectivity index (χ1v) is 7.76. The van der Waals surface area contributed by atoms with Gasteiger partial charge in [0.15, 0.2) is 0 Å². The number of rotatable bonds is 2. The first-order chi connectivity index (χ1) is 11.2. The molecule has 4 rings (SSSR count). The van der Waals surface area contributed by atoms with Crippen LogP contribution in [-0.4, -0.2) is 15.8 Å². The summed E-state index contributed by atoms with van der Waals surface area (Å²) in [7, 11) is 0. The molecule has 0 spiro atoms. The van der Waals surface area contributed by atoms with E-state index in [4.69, 9.17) is 11.6 Å². The molecule has 1 aliphatic rings. The second-order valence-corrected chi connectivity index (χ2v) is 5.88. The van der Waals surface area contributed by atoms with Gasteiger partial charge in [-0.25, -0.2) is 4.98 Å². The van der Waals surface area contributed by atoms with Crippen LogP contribution in [0.5, 0.6) is 5.75 Å². The Kier molecular flexibility index (Phi) is 3.39. The van der Waals surface area contributed by atoms with Crippen molar-refractivity contribution in [3.63, 3.8) is 0 Å². The van der Waals surface area contributed by atoms with Gasteiger partial charge >= 0.3 is 0 Å². The number of benzene rings is 2. The molecule has 0 fully saturated rings. The fourth-order valence-corrected chi connectivity index (χ4v) is 3.14. The molecule has 2 aromatic carbocycles. The third kappa shape index (κ3) is 2.51. The lowest BCUT2D eigenvalue weighted by Gasteiger charge is -2.13. The predicted molar refractivity (Wildman–Crippen MR) is 91.9 cm³/mol. The average molecular weight is 324 g/mol. The lowest BCUT2D eigenvalue weighted by atomic mass is 9.98. The molecule has 0 unspecified atom stereocenters. The van der Waals surface area contributed by atoms with E-state index >= 15 is 0 Å². The van der Waals surface area contributed by atoms with E-state index in [1.54, 1.807) is 12.1 Å². The van der Waals surface area contributed by atoms with E-state index in [0.717, 1.165) is 27.7 Å². The summed E-state index contributed by atoms with van der Waals surface area (Å²) in [5.74, 6) is 0.233. The Morgan fingerprint density at radius 1 is 1.09 bits per heavy atom. The van der Waals surface area contributed by atoms with Crippen LogP contribution in [0.25, 0.3) is 10.9 Å². The van der Waals surface area contributed by atoms with Gasteiger partial charge in [-0.15, -0.1) is 0 Å². The monoisotopic (exact) mass is 323 g/mol. The third-order valence-corrected chi connectivity index (χ3v) is 4.35. The largest absolute Gasteiger partial charge is 0.507 e. The zero-order valence-corrected chi connectivity index (χ0v) is 13.0. The maximum atomic E-state index is 9.98. The number of hydrogen-bond acceptors (Lipinski definition) is 4. The fraction of sp³-hybridized carbons (Fsp3) is 0.111. The highest BCUT2D eigenvalue weighted by Crippen LogP contribution is 2.32. The quantitative estimate of drug-likeness (QED) is 0.700. The number of phenols is 1. The van der Waals surface area contributed by atoms with E-state index in [9.17, 15) is 5.11 Å². The van der Waals surface area contributed by atoms with Crippen LogP contribution >= 0.6 is 11.6 Å². The van der Waals surface area contributed by atoms with Gasteiger partial charge in [0.05, 0.1) is 17.3 Å². The second-order valence-electron chi connectivity index (χ2n) is 5.52. The lowest BCUT2D eigenvalue weighted by molar-refractivity contribution is 0.474. The van der Waals surface area contributed by atoms with E-state index in [1.807, 2.05) is 42.5 Å². The molecule has 2 N–H and O–H groups in total. The molecule has 0 saturated heterocycles. The van der Waals surface area contributed by atoms with Crippen molar-refractivity contribution < 1.29 is 5.11 Å². The second kappa shape index (κ2) is 5.56. The van der Waals surface area contributed by atoms with Crippen molar-refractivity contribution in [2.75, 3.05) is 0 Å². The van der Waals surface area contributed by atoms with Crippen molar-refractivity contribution in [1.82, 2.24) is 10.4 Å². The van der Waals surface area contributed by atoms with Gasteiger partial charge in [-0.3, -0.25) is 0 Å². The molecule has 3 aromatic rings. The number of aromatic hydroxyl groups is 1. The number of hydrogen-bond donors (Lipinski definition) is 2. The van der Waals surface area contributed by atoms with Gasteiger partial charge in [0.25, 0.3) is 0 Å². The molecule has 5 heteroatoms. The first-order valence-electron chi connectivity index (χ1n) is 7.38. The molecule has 0 radical (unpaired) electrons. The van der Waals surface area contributed by atoms with Crippen molar-refractivity contribution in [2.45, 2.75) is 12.5 Å². The Morgan fingerprint density at radius 3 is 2.74 bits per heavy atom. The summed E-state index contributed by atoms with van der Waals surface area (Å²) in [6, 6.07) is 17.1. The van der Waals surface area contributed by atoms with Crippen LogP contribution < -0.4 is 5.43 Å². The highest BCUT2D eigenvalue weighted by Gasteiger charge is 2.25. The average Bonchev–Trinajstić information content (AvgIpc) is 3.04. The minimum absolute atomic E-state index is 0.0470. The molecule has 0 saturated carbocycles. The van der Waals surface area contributed by atoms with Gasteiger partial charge in [-0.1, -0.05) is 41.9 Å². The summed E-state index contributed by atoms with van der Waals surface area (Å²) in [6.45, 7) is 0. The minimum Gasteiger partial charge on any atom is -0.507 e. The molecule has 23 heavy (non-hydrogen) atoms. The standard InChI is InChI=1S/C18H14ClN3O/c19-18-13(9-11-5-1-3-7-14(11)20-18)16-10-15(21-22-16)12-6-2-4-8-17(12)23/h1-9,16,22-23H,10H2/t16-/m0/s1. The number of hydrazone groups is 1. The van der Waals surface area contributed by atoms with Gasteiger partial charge in [0.2, 0.25) is 0 Å². The highest BCUT2D eigenvalue weighted by atomic mass is 35.5. The molecule has 0 aliphatic carbocycles. The van der Waals surface area contributed by atoms with E-state index in [-0.39, 0.29) is 11.8 Å². The van der Waals surface area contributed by atoms with Crippen LogP contribution in [0, 0.1) is 0 Å². The van der Waals surface area contributed by atoms with E-state index in [0.29, 0.717) is 11.6 Å². The Balaban J connectivity index is 1.66.